The van der Waals surface area contributed by atoms with Crippen LogP contribution < -0.4 is 5.32 Å². The van der Waals surface area contributed by atoms with Crippen LogP contribution in [0.2, 0.25) is 0 Å². The average Bonchev–Trinajstić information content (AvgIpc) is 3.13. The van der Waals surface area contributed by atoms with Crippen molar-refractivity contribution < 1.29 is 22.7 Å². The van der Waals surface area contributed by atoms with Crippen molar-refractivity contribution in [3.8, 4) is 11.1 Å². The van der Waals surface area contributed by atoms with Crippen LogP contribution >= 0.6 is 0 Å². The lowest BCUT2D eigenvalue weighted by molar-refractivity contribution is -0.137. The van der Waals surface area contributed by atoms with Crippen molar-refractivity contribution in [2.45, 2.75) is 18.3 Å². The Morgan fingerprint density at radius 2 is 1.72 bits per heavy atom. The largest absolute Gasteiger partial charge is 0.416 e. The Morgan fingerprint density at radius 1 is 0.969 bits per heavy atom. The summed E-state index contributed by atoms with van der Waals surface area (Å²) in [7, 11) is 1.70. The van der Waals surface area contributed by atoms with E-state index in [0.717, 1.165) is 23.0 Å². The van der Waals surface area contributed by atoms with Gasteiger partial charge in [-0.3, -0.25) is 0 Å². The topological polar surface area (TPSA) is 37.2 Å². The van der Waals surface area contributed by atoms with Crippen LogP contribution in [0, 0.1) is 5.82 Å². The second-order valence-corrected chi connectivity index (χ2v) is 7.67. The lowest BCUT2D eigenvalue weighted by Gasteiger charge is -2.26. The highest BCUT2D eigenvalue weighted by Gasteiger charge is 2.31. The number of aliphatic hydroxyl groups excluding tert-OH is 1. The molecule has 3 nitrogen and oxygen atoms in total. The maximum Gasteiger partial charge on any atom is 0.416 e. The summed E-state index contributed by atoms with van der Waals surface area (Å²) in [5, 5.41) is 14.6. The van der Waals surface area contributed by atoms with Crippen LogP contribution in [0.15, 0.2) is 79.0 Å². The standard InChI is InChI=1S/C25H22F4N2O/c1-30-14-23(32)24(17-7-5-9-19(26)13-17)31-15-21(20-10-2-3-11-22(20)31)16-6-4-8-18(12-16)25(27,28)29/h2-13,15,23-24,30,32H,14H2,1H3/t23-,24?/m1/s1. The molecule has 1 aromatic heterocycles. The van der Waals surface area contributed by atoms with Gasteiger partial charge >= 0.3 is 6.18 Å². The fourth-order valence-electron chi connectivity index (χ4n) is 4.11. The molecule has 0 aliphatic heterocycles. The number of benzene rings is 3. The summed E-state index contributed by atoms with van der Waals surface area (Å²) >= 11 is 0. The van der Waals surface area contributed by atoms with Crippen LogP contribution in [-0.4, -0.2) is 29.4 Å². The van der Waals surface area contributed by atoms with Crippen LogP contribution in [0.5, 0.6) is 0 Å². The van der Waals surface area contributed by atoms with Gasteiger partial charge in [0, 0.05) is 29.2 Å². The molecular formula is C25H22F4N2O. The molecule has 0 saturated carbocycles. The van der Waals surface area contributed by atoms with E-state index in [9.17, 15) is 22.7 Å². The molecule has 3 aromatic carbocycles. The second kappa shape index (κ2) is 8.76. The van der Waals surface area contributed by atoms with Gasteiger partial charge in [-0.25, -0.2) is 4.39 Å². The molecule has 0 fully saturated rings. The van der Waals surface area contributed by atoms with E-state index in [4.69, 9.17) is 0 Å². The number of rotatable bonds is 6. The molecule has 7 heteroatoms. The SMILES string of the molecule is CNC[C@@H](O)C(c1cccc(F)c1)n1cc(-c2cccc(C(F)(F)F)c2)c2ccccc21. The number of alkyl halides is 3. The van der Waals surface area contributed by atoms with E-state index >= 15 is 0 Å². The third-order valence-electron chi connectivity index (χ3n) is 5.51. The van der Waals surface area contributed by atoms with Crippen molar-refractivity contribution in [2.24, 2.45) is 0 Å². The van der Waals surface area contributed by atoms with Crippen molar-refractivity contribution in [3.05, 3.63) is 95.9 Å². The van der Waals surface area contributed by atoms with Crippen LogP contribution in [0.3, 0.4) is 0 Å². The minimum absolute atomic E-state index is 0.243. The molecule has 2 atom stereocenters. The highest BCUT2D eigenvalue weighted by atomic mass is 19.4. The molecule has 0 spiro atoms. The van der Waals surface area contributed by atoms with Crippen LogP contribution in [-0.2, 0) is 6.18 Å². The van der Waals surface area contributed by atoms with E-state index in [1.807, 2.05) is 28.8 Å². The number of nitrogens with one attached hydrogen (secondary N) is 1. The number of nitrogens with zero attached hydrogens (tertiary/aromatic N) is 1. The molecule has 0 aliphatic rings. The Labute approximate surface area is 182 Å². The molecule has 166 valence electrons. The number of para-hydroxylation sites is 1. The van der Waals surface area contributed by atoms with Gasteiger partial charge in [-0.1, -0.05) is 42.5 Å². The minimum Gasteiger partial charge on any atom is -0.389 e. The zero-order valence-electron chi connectivity index (χ0n) is 17.3. The zero-order chi connectivity index (χ0) is 22.9. The first-order chi connectivity index (χ1) is 15.3. The first kappa shape index (κ1) is 22.0. The Kier molecular flexibility index (Phi) is 6.04. The van der Waals surface area contributed by atoms with Gasteiger partial charge in [0.1, 0.15) is 5.82 Å². The third-order valence-corrected chi connectivity index (χ3v) is 5.51. The van der Waals surface area contributed by atoms with E-state index in [1.165, 1.54) is 18.2 Å². The predicted octanol–water partition coefficient (Wildman–Crippen LogP) is 5.64. The fourth-order valence-corrected chi connectivity index (χ4v) is 4.11. The van der Waals surface area contributed by atoms with Gasteiger partial charge in [-0.15, -0.1) is 0 Å². The lowest BCUT2D eigenvalue weighted by atomic mass is 10.0. The number of aromatic nitrogens is 1. The molecule has 0 amide bonds. The molecule has 0 aliphatic carbocycles. The van der Waals surface area contributed by atoms with Gasteiger partial charge in [-0.2, -0.15) is 13.2 Å². The van der Waals surface area contributed by atoms with Crippen molar-refractivity contribution in [3.63, 3.8) is 0 Å². The minimum atomic E-state index is -4.46. The number of hydrogen-bond acceptors (Lipinski definition) is 2. The Balaban J connectivity index is 1.93. The van der Waals surface area contributed by atoms with Crippen molar-refractivity contribution in [2.75, 3.05) is 13.6 Å². The molecular weight excluding hydrogens is 420 g/mol. The number of hydrogen-bond donors (Lipinski definition) is 2. The highest BCUT2D eigenvalue weighted by molar-refractivity contribution is 5.96. The maximum atomic E-state index is 14.0. The summed E-state index contributed by atoms with van der Waals surface area (Å²) < 4.78 is 55.7. The first-order valence-corrected chi connectivity index (χ1v) is 10.1. The van der Waals surface area contributed by atoms with Crippen molar-refractivity contribution in [1.82, 2.24) is 9.88 Å². The van der Waals surface area contributed by atoms with E-state index < -0.39 is 29.7 Å². The number of halogens is 4. The molecule has 1 unspecified atom stereocenters. The summed E-state index contributed by atoms with van der Waals surface area (Å²) in [6.07, 6.45) is -3.64. The van der Waals surface area contributed by atoms with Crippen molar-refractivity contribution in [1.29, 1.82) is 0 Å². The lowest BCUT2D eigenvalue weighted by Crippen LogP contribution is -2.33. The number of likely N-dealkylation sites (N-methyl/N-ethyl adjacent to an activating group) is 1. The quantitative estimate of drug-likeness (QED) is 0.380. The van der Waals surface area contributed by atoms with E-state index in [1.54, 1.807) is 31.4 Å². The van der Waals surface area contributed by atoms with Gasteiger partial charge in [-0.05, 0) is 48.5 Å². The molecule has 0 radical (unpaired) electrons. The smallest absolute Gasteiger partial charge is 0.389 e. The van der Waals surface area contributed by atoms with Gasteiger partial charge in [0.05, 0.1) is 17.7 Å². The molecule has 1 heterocycles. The van der Waals surface area contributed by atoms with Gasteiger partial charge in [0.25, 0.3) is 0 Å². The Bertz CT molecular complexity index is 1230. The third kappa shape index (κ3) is 4.26. The van der Waals surface area contributed by atoms with Crippen LogP contribution in [0.1, 0.15) is 17.2 Å². The number of aliphatic hydroxyl groups is 1. The normalized spacial score (nSPS) is 13.9. The van der Waals surface area contributed by atoms with Crippen LogP contribution in [0.25, 0.3) is 22.0 Å². The van der Waals surface area contributed by atoms with E-state index in [2.05, 4.69) is 5.32 Å². The second-order valence-electron chi connectivity index (χ2n) is 7.67. The van der Waals surface area contributed by atoms with Crippen molar-refractivity contribution >= 4 is 10.9 Å². The summed E-state index contributed by atoms with van der Waals surface area (Å²) in [5.74, 6) is -0.432. The first-order valence-electron chi connectivity index (χ1n) is 10.1. The monoisotopic (exact) mass is 442 g/mol. The van der Waals surface area contributed by atoms with Gasteiger partial charge < -0.3 is 15.0 Å². The Hall–Kier alpha value is -3.16. The zero-order valence-corrected chi connectivity index (χ0v) is 17.3. The van der Waals surface area contributed by atoms with Gasteiger partial charge in [0.2, 0.25) is 0 Å². The summed E-state index contributed by atoms with van der Waals surface area (Å²) in [5.41, 5.74) is 1.57. The summed E-state index contributed by atoms with van der Waals surface area (Å²) in [6.45, 7) is 0.243. The summed E-state index contributed by atoms with van der Waals surface area (Å²) in [4.78, 5) is 0. The molecule has 0 saturated heterocycles. The fraction of sp³-hybridized carbons (Fsp3) is 0.200. The van der Waals surface area contributed by atoms with Crippen LogP contribution in [0.4, 0.5) is 17.6 Å². The highest BCUT2D eigenvalue weighted by Crippen LogP contribution is 2.38. The van der Waals surface area contributed by atoms with E-state index in [-0.39, 0.29) is 6.54 Å². The number of fused-ring (bicyclic) bond motifs is 1. The van der Waals surface area contributed by atoms with Gasteiger partial charge in [0.15, 0.2) is 0 Å². The summed E-state index contributed by atoms with van der Waals surface area (Å²) in [6, 6.07) is 17.8. The molecule has 4 rings (SSSR count). The molecule has 2 N–H and O–H groups in total. The molecule has 4 aromatic rings. The Morgan fingerprint density at radius 3 is 2.44 bits per heavy atom. The average molecular weight is 442 g/mol. The predicted molar refractivity (Wildman–Crippen MR) is 117 cm³/mol. The molecule has 0 bridgehead atoms. The van der Waals surface area contributed by atoms with E-state index in [0.29, 0.717) is 16.7 Å². The molecule has 32 heavy (non-hydrogen) atoms. The maximum absolute atomic E-state index is 14.0.